The van der Waals surface area contributed by atoms with Gasteiger partial charge in [0.25, 0.3) is 0 Å². The van der Waals surface area contributed by atoms with Crippen LogP contribution in [0.5, 0.6) is 0 Å². The number of hydrogen-bond donors (Lipinski definition) is 1. The van der Waals surface area contributed by atoms with E-state index in [1.807, 2.05) is 6.92 Å². The average Bonchev–Trinajstić information content (AvgIpc) is 2.19. The minimum Gasteiger partial charge on any atom is -0.748 e. The Morgan fingerprint density at radius 2 is 1.56 bits per heavy atom. The van der Waals surface area contributed by atoms with Crippen LogP contribution in [0.4, 0.5) is 0 Å². The summed E-state index contributed by atoms with van der Waals surface area (Å²) in [6.07, 6.45) is 5.61. The molecule has 0 fully saturated rings. The maximum Gasteiger partial charge on any atom is 1.00 e. The molecule has 0 saturated carbocycles. The van der Waals surface area contributed by atoms with Crippen LogP contribution in [0.3, 0.4) is 0 Å². The molecular weight excluding hydrogens is 263 g/mol. The van der Waals surface area contributed by atoms with Crippen molar-refractivity contribution in [3.8, 4) is 0 Å². The van der Waals surface area contributed by atoms with Crippen molar-refractivity contribution in [2.24, 2.45) is 0 Å². The number of aliphatic hydroxyl groups excluding tert-OH is 1. The summed E-state index contributed by atoms with van der Waals surface area (Å²) in [5.74, 6) is 0. The van der Waals surface area contributed by atoms with Crippen molar-refractivity contribution in [1.29, 1.82) is 0 Å². The zero-order chi connectivity index (χ0) is 13.3. The van der Waals surface area contributed by atoms with Gasteiger partial charge in [-0.1, -0.05) is 39.0 Å². The molecule has 0 aliphatic carbocycles. The number of aliphatic hydroxyl groups is 1. The van der Waals surface area contributed by atoms with Crippen molar-refractivity contribution < 1.29 is 47.6 Å². The molecule has 18 heavy (non-hydrogen) atoms. The van der Waals surface area contributed by atoms with Crippen molar-refractivity contribution in [3.05, 3.63) is 0 Å². The van der Waals surface area contributed by atoms with Crippen molar-refractivity contribution in [3.63, 3.8) is 0 Å². The summed E-state index contributed by atoms with van der Waals surface area (Å²) in [7, 11) is -4.14. The van der Waals surface area contributed by atoms with Gasteiger partial charge in [-0.05, 0) is 26.2 Å². The summed E-state index contributed by atoms with van der Waals surface area (Å²) in [6, 6.07) is 0. The molecule has 0 saturated heterocycles. The summed E-state index contributed by atoms with van der Waals surface area (Å²) in [6.45, 7) is 3.73. The molecule has 0 aromatic rings. The molecule has 0 aliphatic rings. The zero-order valence-electron chi connectivity index (χ0n) is 11.9. The smallest absolute Gasteiger partial charge is 0.748 e. The molecule has 4 nitrogen and oxygen atoms in total. The first-order valence-electron chi connectivity index (χ1n) is 6.50. The first-order chi connectivity index (χ1) is 7.88. The summed E-state index contributed by atoms with van der Waals surface area (Å²) < 4.78 is 33.0. The molecule has 0 rings (SSSR count). The van der Waals surface area contributed by atoms with Gasteiger partial charge >= 0.3 is 29.6 Å². The Balaban J connectivity index is 0. The Bertz CT molecular complexity index is 278. The summed E-state index contributed by atoms with van der Waals surface area (Å²) >= 11 is 0. The van der Waals surface area contributed by atoms with E-state index in [0.29, 0.717) is 12.8 Å². The SMILES string of the molecule is CCCCC(CCCCCC(C)O)S(=O)(=O)[O-].[Na+]. The van der Waals surface area contributed by atoms with Crippen molar-refractivity contribution >= 4 is 10.1 Å². The summed E-state index contributed by atoms with van der Waals surface area (Å²) in [5.41, 5.74) is 0. The first kappa shape index (κ1) is 21.2. The Labute approximate surface area is 134 Å². The van der Waals surface area contributed by atoms with Crippen LogP contribution in [0.1, 0.15) is 65.2 Å². The van der Waals surface area contributed by atoms with E-state index in [2.05, 4.69) is 0 Å². The van der Waals surface area contributed by atoms with Gasteiger partial charge in [-0.25, -0.2) is 8.42 Å². The molecule has 1 N–H and O–H groups in total. The molecule has 104 valence electrons. The third-order valence-corrected chi connectivity index (χ3v) is 4.22. The third kappa shape index (κ3) is 11.9. The monoisotopic (exact) mass is 288 g/mol. The quantitative estimate of drug-likeness (QED) is 0.332. The Hall–Kier alpha value is 0.870. The van der Waals surface area contributed by atoms with Crippen molar-refractivity contribution in [2.75, 3.05) is 0 Å². The van der Waals surface area contributed by atoms with E-state index in [0.717, 1.165) is 38.5 Å². The van der Waals surface area contributed by atoms with Crippen LogP contribution in [0.25, 0.3) is 0 Å². The van der Waals surface area contributed by atoms with Gasteiger partial charge in [0.1, 0.15) is 0 Å². The van der Waals surface area contributed by atoms with E-state index in [1.165, 1.54) is 0 Å². The standard InChI is InChI=1S/C12H26O4S.Na/c1-3-4-9-12(17(14,15)16)10-7-5-6-8-11(2)13;/h11-13H,3-10H2,1-2H3,(H,14,15,16);/q;+1/p-1. The second-order valence-electron chi connectivity index (χ2n) is 4.74. The minimum absolute atomic E-state index is 0. The van der Waals surface area contributed by atoms with Gasteiger partial charge in [0.2, 0.25) is 0 Å². The Morgan fingerprint density at radius 3 is 2.00 bits per heavy atom. The summed E-state index contributed by atoms with van der Waals surface area (Å²) in [4.78, 5) is 0. The summed E-state index contributed by atoms with van der Waals surface area (Å²) in [5, 5.41) is 8.35. The molecule has 0 spiro atoms. The predicted molar refractivity (Wildman–Crippen MR) is 67.8 cm³/mol. The van der Waals surface area contributed by atoms with E-state index >= 15 is 0 Å². The number of hydrogen-bond acceptors (Lipinski definition) is 4. The fourth-order valence-corrected chi connectivity index (χ4v) is 2.76. The molecule has 0 aromatic carbocycles. The fraction of sp³-hybridized carbons (Fsp3) is 1.00. The molecule has 0 radical (unpaired) electrons. The molecule has 2 atom stereocenters. The van der Waals surface area contributed by atoms with E-state index in [4.69, 9.17) is 5.11 Å². The minimum atomic E-state index is -4.14. The van der Waals surface area contributed by atoms with E-state index in [9.17, 15) is 13.0 Å². The van der Waals surface area contributed by atoms with Crippen LogP contribution < -0.4 is 29.6 Å². The molecule has 0 bridgehead atoms. The van der Waals surface area contributed by atoms with E-state index in [-0.39, 0.29) is 35.7 Å². The second kappa shape index (κ2) is 11.7. The van der Waals surface area contributed by atoms with Gasteiger partial charge in [0.15, 0.2) is 0 Å². The van der Waals surface area contributed by atoms with Crippen LogP contribution in [0.15, 0.2) is 0 Å². The van der Waals surface area contributed by atoms with Crippen LogP contribution in [-0.4, -0.2) is 29.4 Å². The average molecular weight is 288 g/mol. The second-order valence-corrected chi connectivity index (χ2v) is 6.40. The maximum atomic E-state index is 11.0. The largest absolute Gasteiger partial charge is 1.00 e. The third-order valence-electron chi connectivity index (χ3n) is 2.94. The number of rotatable bonds is 10. The predicted octanol–water partition coefficient (Wildman–Crippen LogP) is -0.574. The van der Waals surface area contributed by atoms with Crippen LogP contribution in [0, 0.1) is 0 Å². The van der Waals surface area contributed by atoms with Crippen molar-refractivity contribution in [1.82, 2.24) is 0 Å². The molecule has 0 aliphatic heterocycles. The normalized spacial score (nSPS) is 14.9. The molecule has 6 heteroatoms. The molecular formula is C12H25NaO4S. The van der Waals surface area contributed by atoms with E-state index < -0.39 is 15.4 Å². The van der Waals surface area contributed by atoms with Crippen LogP contribution in [-0.2, 0) is 10.1 Å². The molecule has 0 amide bonds. The van der Waals surface area contributed by atoms with Crippen LogP contribution >= 0.6 is 0 Å². The molecule has 0 aromatic heterocycles. The topological polar surface area (TPSA) is 77.4 Å². The van der Waals surface area contributed by atoms with Gasteiger partial charge in [-0.15, -0.1) is 0 Å². The molecule has 0 heterocycles. The van der Waals surface area contributed by atoms with Gasteiger partial charge in [-0.3, -0.25) is 0 Å². The zero-order valence-corrected chi connectivity index (χ0v) is 14.7. The van der Waals surface area contributed by atoms with Gasteiger partial charge in [-0.2, -0.15) is 0 Å². The van der Waals surface area contributed by atoms with Crippen molar-refractivity contribution in [2.45, 2.75) is 76.6 Å². The fourth-order valence-electron chi connectivity index (χ4n) is 1.85. The van der Waals surface area contributed by atoms with Crippen LogP contribution in [0.2, 0.25) is 0 Å². The first-order valence-corrected chi connectivity index (χ1v) is 7.97. The van der Waals surface area contributed by atoms with Gasteiger partial charge < -0.3 is 9.66 Å². The maximum absolute atomic E-state index is 11.0. The van der Waals surface area contributed by atoms with E-state index in [1.54, 1.807) is 6.92 Å². The van der Waals surface area contributed by atoms with Gasteiger partial charge in [0.05, 0.1) is 16.2 Å². The number of unbranched alkanes of at least 4 members (excludes halogenated alkanes) is 3. The Morgan fingerprint density at radius 1 is 1.06 bits per heavy atom. The molecule has 2 unspecified atom stereocenters. The Kier molecular flexibility index (Phi) is 13.7. The van der Waals surface area contributed by atoms with Gasteiger partial charge in [0, 0.05) is 5.25 Å².